The van der Waals surface area contributed by atoms with Gasteiger partial charge in [0.2, 0.25) is 11.8 Å². The van der Waals surface area contributed by atoms with Gasteiger partial charge >= 0.3 is 0 Å². The van der Waals surface area contributed by atoms with Gasteiger partial charge in [-0.25, -0.2) is 0 Å². The first-order chi connectivity index (χ1) is 11.8. The minimum Gasteiger partial charge on any atom is -0.392 e. The van der Waals surface area contributed by atoms with Crippen molar-refractivity contribution in [1.29, 1.82) is 0 Å². The summed E-state index contributed by atoms with van der Waals surface area (Å²) in [5, 5.41) is 12.7. The third kappa shape index (κ3) is 3.04. The number of piperidine rings is 1. The molecule has 0 radical (unpaired) electrons. The Bertz CT molecular complexity index is 661. The second-order valence-corrected chi connectivity index (χ2v) is 7.83. The Hall–Kier alpha value is -1.92. The third-order valence-electron chi connectivity index (χ3n) is 5.96. The molecule has 1 unspecified atom stereocenters. The largest absolute Gasteiger partial charge is 0.392 e. The molecule has 4 N–H and O–H groups in total. The SMILES string of the molecule is CC1(C)[C@@H](O)C[C@]1(N)C(=O)NC1CCCN(Cc2ccccc2)C1=O. The van der Waals surface area contributed by atoms with E-state index in [1.54, 1.807) is 18.7 Å². The van der Waals surface area contributed by atoms with Gasteiger partial charge in [0.25, 0.3) is 0 Å². The topological polar surface area (TPSA) is 95.7 Å². The average molecular weight is 345 g/mol. The second-order valence-electron chi connectivity index (χ2n) is 7.83. The van der Waals surface area contributed by atoms with Crippen LogP contribution in [0, 0.1) is 5.41 Å². The van der Waals surface area contributed by atoms with Gasteiger partial charge in [-0.2, -0.15) is 0 Å². The van der Waals surface area contributed by atoms with Gasteiger partial charge in [0.15, 0.2) is 0 Å². The molecule has 1 saturated carbocycles. The molecule has 136 valence electrons. The zero-order valence-corrected chi connectivity index (χ0v) is 14.9. The highest BCUT2D eigenvalue weighted by Gasteiger charge is 2.62. The van der Waals surface area contributed by atoms with E-state index in [-0.39, 0.29) is 18.2 Å². The molecule has 1 saturated heterocycles. The molecule has 1 aliphatic carbocycles. The molecular weight excluding hydrogens is 318 g/mol. The summed E-state index contributed by atoms with van der Waals surface area (Å²) >= 11 is 0. The smallest absolute Gasteiger partial charge is 0.245 e. The van der Waals surface area contributed by atoms with Crippen LogP contribution in [0.15, 0.2) is 30.3 Å². The van der Waals surface area contributed by atoms with E-state index in [0.29, 0.717) is 19.5 Å². The molecule has 6 nitrogen and oxygen atoms in total. The molecule has 1 heterocycles. The lowest BCUT2D eigenvalue weighted by molar-refractivity contribution is -0.161. The van der Waals surface area contributed by atoms with Gasteiger partial charge in [0.1, 0.15) is 11.6 Å². The van der Waals surface area contributed by atoms with E-state index in [4.69, 9.17) is 5.73 Å². The lowest BCUT2D eigenvalue weighted by Crippen LogP contribution is -2.76. The summed E-state index contributed by atoms with van der Waals surface area (Å²) < 4.78 is 0. The fraction of sp³-hybridized carbons (Fsp3) is 0.579. The van der Waals surface area contributed by atoms with Crippen LogP contribution in [0.2, 0.25) is 0 Å². The second kappa shape index (κ2) is 6.42. The number of hydrogen-bond acceptors (Lipinski definition) is 4. The van der Waals surface area contributed by atoms with Gasteiger partial charge < -0.3 is 21.1 Å². The van der Waals surface area contributed by atoms with Crippen LogP contribution >= 0.6 is 0 Å². The number of nitrogens with zero attached hydrogens (tertiary/aromatic N) is 1. The summed E-state index contributed by atoms with van der Waals surface area (Å²) in [6.45, 7) is 4.80. The number of nitrogens with one attached hydrogen (secondary N) is 1. The van der Waals surface area contributed by atoms with Gasteiger partial charge in [-0.1, -0.05) is 44.2 Å². The van der Waals surface area contributed by atoms with E-state index in [1.807, 2.05) is 30.3 Å². The highest BCUT2D eigenvalue weighted by Crippen LogP contribution is 2.48. The number of benzene rings is 1. The molecule has 6 heteroatoms. The number of amides is 2. The van der Waals surface area contributed by atoms with Crippen molar-refractivity contribution < 1.29 is 14.7 Å². The standard InChI is InChI=1S/C19H27N3O3/c1-18(2)15(23)11-19(18,20)17(25)21-14-9-6-10-22(16(14)24)12-13-7-4-3-5-8-13/h3-5,7-8,14-15,23H,6,9-12,20H2,1-2H3,(H,21,25)/t14?,15-,19-/m0/s1. The minimum absolute atomic E-state index is 0.0651. The number of hydrogen-bond donors (Lipinski definition) is 3. The fourth-order valence-corrected chi connectivity index (χ4v) is 3.70. The first-order valence-electron chi connectivity index (χ1n) is 8.86. The molecule has 25 heavy (non-hydrogen) atoms. The number of rotatable bonds is 4. The van der Waals surface area contributed by atoms with Crippen LogP contribution in [0.1, 0.15) is 38.7 Å². The van der Waals surface area contributed by atoms with Crippen LogP contribution in [0.25, 0.3) is 0 Å². The van der Waals surface area contributed by atoms with Crippen molar-refractivity contribution in [1.82, 2.24) is 10.2 Å². The molecule has 0 spiro atoms. The normalized spacial score (nSPS) is 31.4. The molecular formula is C19H27N3O3. The van der Waals surface area contributed by atoms with Crippen LogP contribution in [-0.2, 0) is 16.1 Å². The zero-order chi connectivity index (χ0) is 18.2. The average Bonchev–Trinajstić information content (AvgIpc) is 2.59. The lowest BCUT2D eigenvalue weighted by Gasteiger charge is -2.56. The predicted octanol–water partition coefficient (Wildman–Crippen LogP) is 0.782. The number of nitrogens with two attached hydrogens (primary N) is 1. The molecule has 3 atom stereocenters. The Balaban J connectivity index is 1.65. The van der Waals surface area contributed by atoms with Gasteiger partial charge in [0, 0.05) is 24.9 Å². The quantitative estimate of drug-likeness (QED) is 0.751. The Labute approximate surface area is 148 Å². The Morgan fingerprint density at radius 1 is 1.36 bits per heavy atom. The number of aliphatic hydroxyl groups excluding tert-OH is 1. The first-order valence-corrected chi connectivity index (χ1v) is 8.86. The summed E-state index contributed by atoms with van der Waals surface area (Å²) in [5.74, 6) is -0.410. The van der Waals surface area contributed by atoms with Gasteiger partial charge in [-0.15, -0.1) is 0 Å². The van der Waals surface area contributed by atoms with E-state index in [1.165, 1.54) is 0 Å². The summed E-state index contributed by atoms with van der Waals surface area (Å²) in [7, 11) is 0. The van der Waals surface area contributed by atoms with Crippen molar-refractivity contribution in [2.75, 3.05) is 6.54 Å². The zero-order valence-electron chi connectivity index (χ0n) is 14.9. The van der Waals surface area contributed by atoms with E-state index in [0.717, 1.165) is 12.0 Å². The van der Waals surface area contributed by atoms with Crippen LogP contribution in [0.5, 0.6) is 0 Å². The Kier molecular flexibility index (Phi) is 4.60. The molecule has 2 amide bonds. The molecule has 0 aromatic heterocycles. The first kappa shape index (κ1) is 17.9. The van der Waals surface area contributed by atoms with E-state index >= 15 is 0 Å². The van der Waals surface area contributed by atoms with Crippen molar-refractivity contribution in [3.63, 3.8) is 0 Å². The van der Waals surface area contributed by atoms with Crippen LogP contribution in [0.3, 0.4) is 0 Å². The van der Waals surface area contributed by atoms with Crippen LogP contribution in [-0.4, -0.2) is 46.1 Å². The summed E-state index contributed by atoms with van der Waals surface area (Å²) in [5.41, 5.74) is 5.48. The van der Waals surface area contributed by atoms with E-state index in [2.05, 4.69) is 5.32 Å². The molecule has 3 rings (SSSR count). The number of aliphatic hydroxyl groups is 1. The highest BCUT2D eigenvalue weighted by molar-refractivity contribution is 5.93. The number of carbonyl (C=O) groups is 2. The molecule has 1 aromatic carbocycles. The maximum absolute atomic E-state index is 12.7. The van der Waals surface area contributed by atoms with Crippen LogP contribution in [0.4, 0.5) is 0 Å². The lowest BCUT2D eigenvalue weighted by atomic mass is 9.54. The van der Waals surface area contributed by atoms with Gasteiger partial charge in [-0.3, -0.25) is 9.59 Å². The molecule has 1 aliphatic heterocycles. The van der Waals surface area contributed by atoms with Gasteiger partial charge in [-0.05, 0) is 18.4 Å². The van der Waals surface area contributed by atoms with Crippen molar-refractivity contribution in [2.45, 2.75) is 57.3 Å². The number of likely N-dealkylation sites (tertiary alicyclic amines) is 1. The summed E-state index contributed by atoms with van der Waals surface area (Å²) in [6.07, 6.45) is 1.09. The van der Waals surface area contributed by atoms with Crippen molar-refractivity contribution >= 4 is 11.8 Å². The molecule has 2 aliphatic rings. The maximum Gasteiger partial charge on any atom is 0.245 e. The molecule has 1 aromatic rings. The summed E-state index contributed by atoms with van der Waals surface area (Å²) in [6, 6.07) is 9.28. The van der Waals surface area contributed by atoms with Crippen LogP contribution < -0.4 is 11.1 Å². The van der Waals surface area contributed by atoms with Crippen molar-refractivity contribution in [3.05, 3.63) is 35.9 Å². The highest BCUT2D eigenvalue weighted by atomic mass is 16.3. The molecule has 2 fully saturated rings. The van der Waals surface area contributed by atoms with Gasteiger partial charge in [0.05, 0.1) is 6.10 Å². The molecule has 0 bridgehead atoms. The minimum atomic E-state index is -1.13. The maximum atomic E-state index is 12.7. The number of carbonyl (C=O) groups excluding carboxylic acids is 2. The third-order valence-corrected chi connectivity index (χ3v) is 5.96. The van der Waals surface area contributed by atoms with Crippen molar-refractivity contribution in [2.24, 2.45) is 11.1 Å². The Morgan fingerprint density at radius 3 is 2.64 bits per heavy atom. The fourth-order valence-electron chi connectivity index (χ4n) is 3.70. The van der Waals surface area contributed by atoms with Crippen molar-refractivity contribution in [3.8, 4) is 0 Å². The van der Waals surface area contributed by atoms with E-state index in [9.17, 15) is 14.7 Å². The summed E-state index contributed by atoms with van der Waals surface area (Å²) in [4.78, 5) is 27.2. The Morgan fingerprint density at radius 2 is 2.04 bits per heavy atom. The monoisotopic (exact) mass is 345 g/mol. The predicted molar refractivity (Wildman–Crippen MR) is 94.3 cm³/mol. The van der Waals surface area contributed by atoms with E-state index < -0.39 is 23.1 Å².